The van der Waals surface area contributed by atoms with Crippen LogP contribution in [0.3, 0.4) is 0 Å². The Bertz CT molecular complexity index is 162. The molecule has 1 heterocycles. The SMILES string of the molecule is CC(C)CNCCNCC1OCCC1C. The van der Waals surface area contributed by atoms with E-state index in [1.807, 2.05) is 0 Å². The molecule has 90 valence electrons. The summed E-state index contributed by atoms with van der Waals surface area (Å²) in [7, 11) is 0. The molecule has 2 atom stereocenters. The highest BCUT2D eigenvalue weighted by molar-refractivity contribution is 4.74. The molecule has 0 aliphatic carbocycles. The van der Waals surface area contributed by atoms with Gasteiger partial charge in [-0.15, -0.1) is 0 Å². The lowest BCUT2D eigenvalue weighted by Crippen LogP contribution is -2.35. The first-order chi connectivity index (χ1) is 7.20. The van der Waals surface area contributed by atoms with Crippen molar-refractivity contribution in [2.24, 2.45) is 11.8 Å². The molecule has 0 saturated carbocycles. The minimum Gasteiger partial charge on any atom is -0.377 e. The van der Waals surface area contributed by atoms with Crippen LogP contribution in [0.4, 0.5) is 0 Å². The summed E-state index contributed by atoms with van der Waals surface area (Å²) in [6.45, 7) is 11.9. The maximum atomic E-state index is 5.63. The van der Waals surface area contributed by atoms with Gasteiger partial charge < -0.3 is 15.4 Å². The van der Waals surface area contributed by atoms with Crippen molar-refractivity contribution in [1.29, 1.82) is 0 Å². The van der Waals surface area contributed by atoms with E-state index in [0.29, 0.717) is 6.10 Å². The molecule has 0 spiro atoms. The van der Waals surface area contributed by atoms with Gasteiger partial charge in [-0.3, -0.25) is 0 Å². The summed E-state index contributed by atoms with van der Waals surface area (Å²) < 4.78 is 5.63. The summed E-state index contributed by atoms with van der Waals surface area (Å²) >= 11 is 0. The Morgan fingerprint density at radius 2 is 2.00 bits per heavy atom. The molecule has 3 nitrogen and oxygen atoms in total. The van der Waals surface area contributed by atoms with Crippen molar-refractivity contribution in [2.75, 3.05) is 32.8 Å². The van der Waals surface area contributed by atoms with Crippen molar-refractivity contribution in [3.63, 3.8) is 0 Å². The van der Waals surface area contributed by atoms with Gasteiger partial charge >= 0.3 is 0 Å². The zero-order valence-electron chi connectivity index (χ0n) is 10.4. The maximum Gasteiger partial charge on any atom is 0.0725 e. The Morgan fingerprint density at radius 3 is 2.60 bits per heavy atom. The highest BCUT2D eigenvalue weighted by Crippen LogP contribution is 2.18. The predicted octanol–water partition coefficient (Wildman–Crippen LogP) is 1.25. The van der Waals surface area contributed by atoms with Gasteiger partial charge in [0.15, 0.2) is 0 Å². The van der Waals surface area contributed by atoms with Crippen molar-refractivity contribution in [3.8, 4) is 0 Å². The third-order valence-corrected chi connectivity index (χ3v) is 2.92. The molecule has 0 bridgehead atoms. The van der Waals surface area contributed by atoms with Crippen LogP contribution in [-0.4, -0.2) is 38.9 Å². The van der Waals surface area contributed by atoms with Crippen LogP contribution in [0, 0.1) is 11.8 Å². The lowest BCUT2D eigenvalue weighted by Gasteiger charge is -2.15. The van der Waals surface area contributed by atoms with Gasteiger partial charge in [0.25, 0.3) is 0 Å². The molecule has 2 N–H and O–H groups in total. The lowest BCUT2D eigenvalue weighted by atomic mass is 10.0. The standard InChI is InChI=1S/C12H26N2O/c1-10(2)8-13-5-6-14-9-12-11(3)4-7-15-12/h10-14H,4-9H2,1-3H3. The van der Waals surface area contributed by atoms with Crippen molar-refractivity contribution < 1.29 is 4.74 Å². The predicted molar refractivity (Wildman–Crippen MR) is 64.1 cm³/mol. The van der Waals surface area contributed by atoms with Crippen molar-refractivity contribution >= 4 is 0 Å². The van der Waals surface area contributed by atoms with Crippen molar-refractivity contribution in [1.82, 2.24) is 10.6 Å². The Kier molecular flexibility index (Phi) is 6.22. The summed E-state index contributed by atoms with van der Waals surface area (Å²) in [6.07, 6.45) is 1.66. The van der Waals surface area contributed by atoms with Gasteiger partial charge in [-0.2, -0.15) is 0 Å². The van der Waals surface area contributed by atoms with Gasteiger partial charge in [-0.25, -0.2) is 0 Å². The number of hydrogen-bond acceptors (Lipinski definition) is 3. The third-order valence-electron chi connectivity index (χ3n) is 2.92. The van der Waals surface area contributed by atoms with Gasteiger partial charge in [0.2, 0.25) is 0 Å². The Balaban J connectivity index is 1.88. The zero-order valence-corrected chi connectivity index (χ0v) is 10.4. The molecule has 0 aromatic heterocycles. The van der Waals surface area contributed by atoms with E-state index in [2.05, 4.69) is 31.4 Å². The van der Waals surface area contributed by atoms with Crippen LogP contribution in [0.2, 0.25) is 0 Å². The van der Waals surface area contributed by atoms with E-state index in [1.165, 1.54) is 6.42 Å². The smallest absolute Gasteiger partial charge is 0.0725 e. The molecular weight excluding hydrogens is 188 g/mol. The molecule has 2 unspecified atom stereocenters. The monoisotopic (exact) mass is 214 g/mol. The van der Waals surface area contributed by atoms with Crippen LogP contribution >= 0.6 is 0 Å². The molecule has 3 heteroatoms. The molecular formula is C12H26N2O. The second-order valence-electron chi connectivity index (χ2n) is 4.98. The van der Waals surface area contributed by atoms with Gasteiger partial charge in [-0.1, -0.05) is 20.8 Å². The van der Waals surface area contributed by atoms with Crippen LogP contribution in [-0.2, 0) is 4.74 Å². The first-order valence-electron chi connectivity index (χ1n) is 6.23. The summed E-state index contributed by atoms with van der Waals surface area (Å²) in [4.78, 5) is 0. The van der Waals surface area contributed by atoms with E-state index >= 15 is 0 Å². The normalized spacial score (nSPS) is 26.4. The second kappa shape index (κ2) is 7.20. The minimum atomic E-state index is 0.440. The maximum absolute atomic E-state index is 5.63. The minimum absolute atomic E-state index is 0.440. The highest BCUT2D eigenvalue weighted by atomic mass is 16.5. The molecule has 0 radical (unpaired) electrons. The first-order valence-corrected chi connectivity index (χ1v) is 6.23. The quantitative estimate of drug-likeness (QED) is 0.626. The van der Waals surface area contributed by atoms with Gasteiger partial charge in [-0.05, 0) is 24.8 Å². The molecule has 0 aromatic carbocycles. The van der Waals surface area contributed by atoms with Crippen LogP contribution in [0.5, 0.6) is 0 Å². The number of hydrogen-bond donors (Lipinski definition) is 2. The summed E-state index contributed by atoms with van der Waals surface area (Å²) in [5.74, 6) is 1.46. The molecule has 15 heavy (non-hydrogen) atoms. The average Bonchev–Trinajstić information content (AvgIpc) is 2.57. The average molecular weight is 214 g/mol. The largest absolute Gasteiger partial charge is 0.377 e. The molecule has 1 fully saturated rings. The van der Waals surface area contributed by atoms with E-state index in [9.17, 15) is 0 Å². The van der Waals surface area contributed by atoms with E-state index in [1.54, 1.807) is 0 Å². The van der Waals surface area contributed by atoms with Crippen LogP contribution in [0.1, 0.15) is 27.2 Å². The highest BCUT2D eigenvalue weighted by Gasteiger charge is 2.23. The Hall–Kier alpha value is -0.120. The summed E-state index contributed by atoms with van der Waals surface area (Å²) in [5, 5.41) is 6.86. The number of ether oxygens (including phenoxy) is 1. The van der Waals surface area contributed by atoms with Gasteiger partial charge in [0, 0.05) is 26.2 Å². The first kappa shape index (κ1) is 12.9. The fourth-order valence-electron chi connectivity index (χ4n) is 1.83. The van der Waals surface area contributed by atoms with Crippen molar-refractivity contribution in [3.05, 3.63) is 0 Å². The third kappa shape index (κ3) is 5.50. The number of nitrogens with one attached hydrogen (secondary N) is 2. The summed E-state index contributed by atoms with van der Waals surface area (Å²) in [6, 6.07) is 0. The second-order valence-corrected chi connectivity index (χ2v) is 4.98. The fraction of sp³-hybridized carbons (Fsp3) is 1.00. The molecule has 1 rings (SSSR count). The van der Waals surface area contributed by atoms with Crippen LogP contribution in [0.25, 0.3) is 0 Å². The Labute approximate surface area is 94.0 Å². The van der Waals surface area contributed by atoms with E-state index in [4.69, 9.17) is 4.74 Å². The summed E-state index contributed by atoms with van der Waals surface area (Å²) in [5.41, 5.74) is 0. The Morgan fingerprint density at radius 1 is 1.27 bits per heavy atom. The molecule has 1 aliphatic rings. The van der Waals surface area contributed by atoms with Gasteiger partial charge in [0.05, 0.1) is 6.10 Å². The zero-order chi connectivity index (χ0) is 11.1. The topological polar surface area (TPSA) is 33.3 Å². The molecule has 0 aromatic rings. The molecule has 0 amide bonds. The molecule has 1 saturated heterocycles. The van der Waals surface area contributed by atoms with Crippen LogP contribution in [0.15, 0.2) is 0 Å². The fourth-order valence-corrected chi connectivity index (χ4v) is 1.83. The van der Waals surface area contributed by atoms with Gasteiger partial charge in [0.1, 0.15) is 0 Å². The number of rotatable bonds is 7. The van der Waals surface area contributed by atoms with Crippen molar-refractivity contribution in [2.45, 2.75) is 33.3 Å². The molecule has 1 aliphatic heterocycles. The van der Waals surface area contributed by atoms with Crippen LogP contribution < -0.4 is 10.6 Å². The van der Waals surface area contributed by atoms with E-state index < -0.39 is 0 Å². The van der Waals surface area contributed by atoms with E-state index in [0.717, 1.165) is 44.6 Å². The van der Waals surface area contributed by atoms with E-state index in [-0.39, 0.29) is 0 Å². The lowest BCUT2D eigenvalue weighted by molar-refractivity contribution is 0.0936.